The Hall–Kier alpha value is -1.82. The molecule has 6 nitrogen and oxygen atoms in total. The lowest BCUT2D eigenvalue weighted by molar-refractivity contribution is -0.127. The molecule has 1 aliphatic carbocycles. The number of aliphatic hydroxyl groups is 1. The summed E-state index contributed by atoms with van der Waals surface area (Å²) >= 11 is 0. The van der Waals surface area contributed by atoms with E-state index in [-0.39, 0.29) is 37.2 Å². The molecule has 0 aliphatic heterocycles. The molecule has 1 heterocycles. The van der Waals surface area contributed by atoms with Gasteiger partial charge in [0.05, 0.1) is 6.54 Å². The summed E-state index contributed by atoms with van der Waals surface area (Å²) in [5, 5.41) is 15.9. The molecular formula is C17H26N2O4. The van der Waals surface area contributed by atoms with Crippen LogP contribution in [0.25, 0.3) is 0 Å². The van der Waals surface area contributed by atoms with E-state index in [1.807, 2.05) is 0 Å². The van der Waals surface area contributed by atoms with Crippen molar-refractivity contribution in [3.8, 4) is 0 Å². The fourth-order valence-corrected chi connectivity index (χ4v) is 2.77. The molecule has 0 spiro atoms. The summed E-state index contributed by atoms with van der Waals surface area (Å²) in [6.07, 6.45) is 4.67. The first-order valence-corrected chi connectivity index (χ1v) is 8.22. The van der Waals surface area contributed by atoms with Crippen molar-refractivity contribution in [1.82, 2.24) is 10.6 Å². The molecule has 2 rings (SSSR count). The van der Waals surface area contributed by atoms with Gasteiger partial charge in [0.2, 0.25) is 11.8 Å². The van der Waals surface area contributed by atoms with Crippen LogP contribution in [0.3, 0.4) is 0 Å². The lowest BCUT2D eigenvalue weighted by atomic mass is 10.0. The molecule has 1 unspecified atom stereocenters. The van der Waals surface area contributed by atoms with Crippen molar-refractivity contribution >= 4 is 11.8 Å². The predicted octanol–water partition coefficient (Wildman–Crippen LogP) is 1.75. The lowest BCUT2D eigenvalue weighted by Crippen LogP contribution is -2.39. The molecule has 0 aromatic carbocycles. The van der Waals surface area contributed by atoms with Crippen molar-refractivity contribution < 1.29 is 19.1 Å². The fourth-order valence-electron chi connectivity index (χ4n) is 2.77. The third-order valence-electron chi connectivity index (χ3n) is 4.20. The highest BCUT2D eigenvalue weighted by molar-refractivity contribution is 5.83. The zero-order chi connectivity index (χ0) is 16.9. The Labute approximate surface area is 136 Å². The van der Waals surface area contributed by atoms with E-state index in [0.29, 0.717) is 11.5 Å². The molecule has 1 aromatic heterocycles. The summed E-state index contributed by atoms with van der Waals surface area (Å²) in [5.41, 5.74) is -1.27. The molecule has 0 radical (unpaired) electrons. The predicted molar refractivity (Wildman–Crippen MR) is 85.7 cm³/mol. The smallest absolute Gasteiger partial charge is 0.220 e. The van der Waals surface area contributed by atoms with E-state index in [9.17, 15) is 14.7 Å². The molecule has 1 atom stereocenters. The minimum atomic E-state index is -1.27. The number of hydrogen-bond acceptors (Lipinski definition) is 4. The van der Waals surface area contributed by atoms with Gasteiger partial charge in [-0.15, -0.1) is 0 Å². The van der Waals surface area contributed by atoms with Gasteiger partial charge in [0.15, 0.2) is 0 Å². The van der Waals surface area contributed by atoms with E-state index in [2.05, 4.69) is 10.6 Å². The Morgan fingerprint density at radius 2 is 1.91 bits per heavy atom. The van der Waals surface area contributed by atoms with Gasteiger partial charge in [0.1, 0.15) is 17.1 Å². The first kappa shape index (κ1) is 17.5. The molecule has 1 aliphatic rings. The highest BCUT2D eigenvalue weighted by atomic mass is 16.4. The summed E-state index contributed by atoms with van der Waals surface area (Å²) in [7, 11) is 0. The van der Waals surface area contributed by atoms with Gasteiger partial charge in [-0.25, -0.2) is 0 Å². The van der Waals surface area contributed by atoms with Gasteiger partial charge >= 0.3 is 0 Å². The molecule has 1 aromatic rings. The number of aryl methyl sites for hydroxylation is 1. The van der Waals surface area contributed by atoms with Gasteiger partial charge in [-0.05, 0) is 38.8 Å². The van der Waals surface area contributed by atoms with E-state index >= 15 is 0 Å². The van der Waals surface area contributed by atoms with Gasteiger partial charge in [0.25, 0.3) is 0 Å². The number of amides is 2. The normalized spacial score (nSPS) is 17.7. The lowest BCUT2D eigenvalue weighted by Gasteiger charge is -2.21. The van der Waals surface area contributed by atoms with E-state index in [1.165, 1.54) is 0 Å². The van der Waals surface area contributed by atoms with Crippen LogP contribution >= 0.6 is 0 Å². The summed E-state index contributed by atoms with van der Waals surface area (Å²) in [6.45, 7) is 3.42. The van der Waals surface area contributed by atoms with Crippen molar-refractivity contribution in [3.05, 3.63) is 23.7 Å². The summed E-state index contributed by atoms with van der Waals surface area (Å²) < 4.78 is 5.39. The van der Waals surface area contributed by atoms with Gasteiger partial charge in [-0.1, -0.05) is 12.8 Å². The number of furan rings is 1. The minimum absolute atomic E-state index is 0.0447. The maximum atomic E-state index is 11.8. The molecule has 1 fully saturated rings. The van der Waals surface area contributed by atoms with E-state index in [4.69, 9.17) is 4.42 Å². The van der Waals surface area contributed by atoms with E-state index < -0.39 is 5.60 Å². The van der Waals surface area contributed by atoms with Crippen molar-refractivity contribution in [2.45, 2.75) is 64.0 Å². The second kappa shape index (κ2) is 7.64. The van der Waals surface area contributed by atoms with Crippen LogP contribution < -0.4 is 10.6 Å². The number of carbonyl (C=O) groups is 2. The summed E-state index contributed by atoms with van der Waals surface area (Å²) in [5.74, 6) is 0.778. The second-order valence-corrected chi connectivity index (χ2v) is 6.51. The quantitative estimate of drug-likeness (QED) is 0.713. The maximum Gasteiger partial charge on any atom is 0.220 e. The number of hydrogen-bond donors (Lipinski definition) is 3. The van der Waals surface area contributed by atoms with E-state index in [0.717, 1.165) is 25.7 Å². The molecular weight excluding hydrogens is 296 g/mol. The summed E-state index contributed by atoms with van der Waals surface area (Å²) in [4.78, 5) is 23.6. The highest BCUT2D eigenvalue weighted by Crippen LogP contribution is 2.22. The SMILES string of the molecule is Cc1ccc(C(C)(O)CNC(=O)CCC(=O)NC2CCCC2)o1. The van der Waals surface area contributed by atoms with Crippen LogP contribution in [0.5, 0.6) is 0 Å². The largest absolute Gasteiger partial charge is 0.463 e. The van der Waals surface area contributed by atoms with Gasteiger partial charge in [0, 0.05) is 18.9 Å². The van der Waals surface area contributed by atoms with Crippen molar-refractivity contribution in [2.24, 2.45) is 0 Å². The average Bonchev–Trinajstić information content (AvgIpc) is 3.15. The molecule has 0 saturated heterocycles. The van der Waals surface area contributed by atoms with Crippen molar-refractivity contribution in [3.63, 3.8) is 0 Å². The first-order valence-electron chi connectivity index (χ1n) is 8.22. The molecule has 1 saturated carbocycles. The van der Waals surface area contributed by atoms with Crippen LogP contribution in [-0.2, 0) is 15.2 Å². The second-order valence-electron chi connectivity index (χ2n) is 6.51. The Morgan fingerprint density at radius 3 is 2.52 bits per heavy atom. The molecule has 128 valence electrons. The number of nitrogens with one attached hydrogen (secondary N) is 2. The Morgan fingerprint density at radius 1 is 1.26 bits per heavy atom. The molecule has 2 amide bonds. The van der Waals surface area contributed by atoms with E-state index in [1.54, 1.807) is 26.0 Å². The minimum Gasteiger partial charge on any atom is -0.463 e. The number of rotatable bonds is 7. The van der Waals surface area contributed by atoms with Crippen molar-refractivity contribution in [1.29, 1.82) is 0 Å². The van der Waals surface area contributed by atoms with Crippen LogP contribution in [0, 0.1) is 6.92 Å². The Kier molecular flexibility index (Phi) is 5.82. The van der Waals surface area contributed by atoms with Crippen molar-refractivity contribution in [2.75, 3.05) is 6.54 Å². The standard InChI is InChI=1S/C17H26N2O4/c1-12-7-8-14(23-12)17(2,22)11-18-15(20)9-10-16(21)19-13-5-3-4-6-13/h7-8,13,22H,3-6,9-11H2,1-2H3,(H,18,20)(H,19,21). The Balaban J connectivity index is 1.69. The zero-order valence-electron chi connectivity index (χ0n) is 13.9. The van der Waals surface area contributed by atoms with Gasteiger partial charge in [-0.2, -0.15) is 0 Å². The topological polar surface area (TPSA) is 91.6 Å². The maximum absolute atomic E-state index is 11.8. The van der Waals surface area contributed by atoms with Crippen LogP contribution in [0.1, 0.15) is 57.0 Å². The Bertz CT molecular complexity index is 545. The third-order valence-corrected chi connectivity index (χ3v) is 4.20. The summed E-state index contributed by atoms with van der Waals surface area (Å²) in [6, 6.07) is 3.73. The van der Waals surface area contributed by atoms with Crippen LogP contribution in [0.2, 0.25) is 0 Å². The van der Waals surface area contributed by atoms with Crippen LogP contribution in [0.4, 0.5) is 0 Å². The molecule has 0 bridgehead atoms. The van der Waals surface area contributed by atoms with Gasteiger partial charge < -0.3 is 20.2 Å². The zero-order valence-corrected chi connectivity index (χ0v) is 13.9. The fraction of sp³-hybridized carbons (Fsp3) is 0.647. The van der Waals surface area contributed by atoms with Gasteiger partial charge in [-0.3, -0.25) is 9.59 Å². The first-order chi connectivity index (χ1) is 10.9. The van der Waals surface area contributed by atoms with Crippen LogP contribution in [0.15, 0.2) is 16.5 Å². The average molecular weight is 322 g/mol. The number of carbonyl (C=O) groups excluding carboxylic acids is 2. The third kappa shape index (κ3) is 5.39. The molecule has 3 N–H and O–H groups in total. The monoisotopic (exact) mass is 322 g/mol. The highest BCUT2D eigenvalue weighted by Gasteiger charge is 2.27. The van der Waals surface area contributed by atoms with Crippen LogP contribution in [-0.4, -0.2) is 29.5 Å². The molecule has 23 heavy (non-hydrogen) atoms. The molecule has 6 heteroatoms.